The van der Waals surface area contributed by atoms with Gasteiger partial charge in [-0.15, -0.1) is 0 Å². The molecule has 0 unspecified atom stereocenters. The van der Waals surface area contributed by atoms with Crippen molar-refractivity contribution in [2.75, 3.05) is 0 Å². The van der Waals surface area contributed by atoms with Gasteiger partial charge in [0, 0.05) is 13.1 Å². The van der Waals surface area contributed by atoms with E-state index in [0.717, 1.165) is 5.56 Å². The van der Waals surface area contributed by atoms with Gasteiger partial charge in [0.05, 0.1) is 11.1 Å². The molecule has 0 aliphatic rings. The van der Waals surface area contributed by atoms with Crippen LogP contribution in [-0.4, -0.2) is 24.7 Å². The summed E-state index contributed by atoms with van der Waals surface area (Å²) in [6.45, 7) is 1.78. The Morgan fingerprint density at radius 2 is 2.14 bits per heavy atom. The van der Waals surface area contributed by atoms with Gasteiger partial charge in [0.15, 0.2) is 5.65 Å². The lowest BCUT2D eigenvalue weighted by Crippen LogP contribution is -1.97. The molecule has 1 aromatic carbocycles. The third-order valence-corrected chi connectivity index (χ3v) is 3.01. The first kappa shape index (κ1) is 13.0. The van der Waals surface area contributed by atoms with E-state index in [0.29, 0.717) is 11.0 Å². The lowest BCUT2D eigenvalue weighted by molar-refractivity contribution is -0.385. The molecule has 106 valence electrons. The van der Waals surface area contributed by atoms with Crippen molar-refractivity contribution in [3.8, 4) is 11.6 Å². The van der Waals surface area contributed by atoms with Gasteiger partial charge in [0.2, 0.25) is 11.6 Å². The van der Waals surface area contributed by atoms with Gasteiger partial charge in [-0.1, -0.05) is 6.07 Å². The van der Waals surface area contributed by atoms with Crippen LogP contribution in [0.15, 0.2) is 30.7 Å². The number of rotatable bonds is 3. The van der Waals surface area contributed by atoms with Crippen LogP contribution in [0.3, 0.4) is 0 Å². The van der Waals surface area contributed by atoms with E-state index in [2.05, 4.69) is 15.1 Å². The topological polar surface area (TPSA) is 96.0 Å². The van der Waals surface area contributed by atoms with Crippen LogP contribution in [0, 0.1) is 17.0 Å². The Kier molecular flexibility index (Phi) is 2.98. The minimum absolute atomic E-state index is 0.106. The molecule has 2 aromatic heterocycles. The first-order valence-corrected chi connectivity index (χ1v) is 6.12. The zero-order chi connectivity index (χ0) is 15.0. The van der Waals surface area contributed by atoms with Crippen LogP contribution in [0.5, 0.6) is 11.6 Å². The Labute approximate surface area is 119 Å². The lowest BCUT2D eigenvalue weighted by Gasteiger charge is -2.06. The van der Waals surface area contributed by atoms with Crippen LogP contribution in [0.2, 0.25) is 0 Å². The third kappa shape index (κ3) is 2.27. The molecule has 0 saturated heterocycles. The number of ether oxygens (including phenoxy) is 1. The van der Waals surface area contributed by atoms with E-state index >= 15 is 0 Å². The molecule has 0 N–H and O–H groups in total. The molecular formula is C13H11N5O3. The van der Waals surface area contributed by atoms with Crippen molar-refractivity contribution in [3.05, 3.63) is 46.4 Å². The summed E-state index contributed by atoms with van der Waals surface area (Å²) in [5, 5.41) is 15.8. The third-order valence-electron chi connectivity index (χ3n) is 3.01. The van der Waals surface area contributed by atoms with Crippen LogP contribution in [-0.2, 0) is 7.05 Å². The predicted octanol–water partition coefficient (Wildman–Crippen LogP) is 2.37. The summed E-state index contributed by atoms with van der Waals surface area (Å²) in [5.41, 5.74) is 1.27. The molecule has 2 heterocycles. The predicted molar refractivity (Wildman–Crippen MR) is 74.2 cm³/mol. The first-order valence-electron chi connectivity index (χ1n) is 6.12. The van der Waals surface area contributed by atoms with E-state index in [1.54, 1.807) is 37.0 Å². The molecule has 0 fully saturated rings. The van der Waals surface area contributed by atoms with Crippen molar-refractivity contribution >= 4 is 16.7 Å². The molecule has 3 rings (SSSR count). The largest absolute Gasteiger partial charge is 0.431 e. The number of aryl methyl sites for hydroxylation is 2. The summed E-state index contributed by atoms with van der Waals surface area (Å²) in [7, 11) is 1.74. The number of nitro benzene ring substituents is 1. The summed E-state index contributed by atoms with van der Waals surface area (Å²) < 4.78 is 7.18. The van der Waals surface area contributed by atoms with Gasteiger partial charge >= 0.3 is 5.69 Å². The maximum atomic E-state index is 11.1. The van der Waals surface area contributed by atoms with Crippen LogP contribution < -0.4 is 4.74 Å². The molecule has 21 heavy (non-hydrogen) atoms. The zero-order valence-corrected chi connectivity index (χ0v) is 11.3. The van der Waals surface area contributed by atoms with Gasteiger partial charge in [-0.3, -0.25) is 14.8 Å². The number of benzene rings is 1. The van der Waals surface area contributed by atoms with Gasteiger partial charge in [0.1, 0.15) is 11.7 Å². The zero-order valence-electron chi connectivity index (χ0n) is 11.3. The van der Waals surface area contributed by atoms with Gasteiger partial charge < -0.3 is 4.74 Å². The lowest BCUT2D eigenvalue weighted by atomic mass is 10.2. The Morgan fingerprint density at radius 1 is 1.33 bits per heavy atom. The molecular weight excluding hydrogens is 274 g/mol. The Bertz CT molecular complexity index is 843. The highest BCUT2D eigenvalue weighted by molar-refractivity contribution is 5.80. The summed E-state index contributed by atoms with van der Waals surface area (Å²) in [6.07, 6.45) is 2.89. The summed E-state index contributed by atoms with van der Waals surface area (Å²) in [6, 6.07) is 4.75. The van der Waals surface area contributed by atoms with Crippen LogP contribution in [0.4, 0.5) is 5.69 Å². The van der Waals surface area contributed by atoms with Crippen LogP contribution in [0.25, 0.3) is 11.0 Å². The number of aromatic nitrogens is 4. The van der Waals surface area contributed by atoms with Crippen molar-refractivity contribution in [1.29, 1.82) is 0 Å². The summed E-state index contributed by atoms with van der Waals surface area (Å²) in [4.78, 5) is 18.7. The van der Waals surface area contributed by atoms with Gasteiger partial charge in [-0.2, -0.15) is 5.10 Å². The fourth-order valence-electron chi connectivity index (χ4n) is 1.98. The fraction of sp³-hybridized carbons (Fsp3) is 0.154. The standard InChI is InChI=1S/C13H11N5O3/c1-8-3-4-11(10(5-8)18(19)20)21-13-9-6-16-17(2)12(9)14-7-15-13/h3-7H,1-2H3. The molecule has 8 nitrogen and oxygen atoms in total. The highest BCUT2D eigenvalue weighted by Gasteiger charge is 2.18. The van der Waals surface area contributed by atoms with E-state index in [1.165, 1.54) is 12.4 Å². The van der Waals surface area contributed by atoms with E-state index in [4.69, 9.17) is 4.74 Å². The van der Waals surface area contributed by atoms with E-state index in [9.17, 15) is 10.1 Å². The van der Waals surface area contributed by atoms with Gasteiger partial charge in [-0.25, -0.2) is 9.97 Å². The molecule has 3 aromatic rings. The van der Waals surface area contributed by atoms with Crippen molar-refractivity contribution in [3.63, 3.8) is 0 Å². The average Bonchev–Trinajstić information content (AvgIpc) is 2.83. The SMILES string of the molecule is Cc1ccc(Oc2ncnc3c2cnn3C)c([N+](=O)[O-])c1. The van der Waals surface area contributed by atoms with Crippen LogP contribution >= 0.6 is 0 Å². The molecule has 0 radical (unpaired) electrons. The Hall–Kier alpha value is -3.03. The quantitative estimate of drug-likeness (QED) is 0.541. The second kappa shape index (κ2) is 4.82. The summed E-state index contributed by atoms with van der Waals surface area (Å²) in [5.74, 6) is 0.370. The van der Waals surface area contributed by atoms with E-state index in [1.807, 2.05) is 0 Å². The Balaban J connectivity index is 2.09. The molecule has 0 aliphatic heterocycles. The minimum Gasteiger partial charge on any atom is -0.431 e. The molecule has 0 atom stereocenters. The van der Waals surface area contributed by atoms with Crippen molar-refractivity contribution in [2.45, 2.75) is 6.92 Å². The van der Waals surface area contributed by atoms with Crippen molar-refractivity contribution in [1.82, 2.24) is 19.7 Å². The number of nitrogens with zero attached hydrogens (tertiary/aromatic N) is 5. The van der Waals surface area contributed by atoms with Crippen LogP contribution in [0.1, 0.15) is 5.56 Å². The Morgan fingerprint density at radius 3 is 2.90 bits per heavy atom. The fourth-order valence-corrected chi connectivity index (χ4v) is 1.98. The number of hydrogen-bond donors (Lipinski definition) is 0. The maximum absolute atomic E-state index is 11.1. The molecule has 0 saturated carbocycles. The molecule has 0 amide bonds. The average molecular weight is 285 g/mol. The van der Waals surface area contributed by atoms with Gasteiger partial charge in [-0.05, 0) is 18.6 Å². The molecule has 0 spiro atoms. The van der Waals surface area contributed by atoms with Crippen molar-refractivity contribution in [2.24, 2.45) is 7.05 Å². The normalized spacial score (nSPS) is 10.8. The van der Waals surface area contributed by atoms with E-state index < -0.39 is 4.92 Å². The number of hydrogen-bond acceptors (Lipinski definition) is 6. The second-order valence-electron chi connectivity index (χ2n) is 4.51. The van der Waals surface area contributed by atoms with Gasteiger partial charge in [0.25, 0.3) is 0 Å². The molecule has 0 aliphatic carbocycles. The highest BCUT2D eigenvalue weighted by atomic mass is 16.6. The first-order chi connectivity index (χ1) is 10.1. The molecule has 8 heteroatoms. The second-order valence-corrected chi connectivity index (χ2v) is 4.51. The minimum atomic E-state index is -0.482. The number of nitro groups is 1. The maximum Gasteiger partial charge on any atom is 0.311 e. The highest BCUT2D eigenvalue weighted by Crippen LogP contribution is 2.33. The van der Waals surface area contributed by atoms with Crippen molar-refractivity contribution < 1.29 is 9.66 Å². The summed E-state index contributed by atoms with van der Waals surface area (Å²) >= 11 is 0. The van der Waals surface area contributed by atoms with E-state index in [-0.39, 0.29) is 17.3 Å². The molecule has 0 bridgehead atoms. The number of fused-ring (bicyclic) bond motifs is 1. The smallest absolute Gasteiger partial charge is 0.311 e. The monoisotopic (exact) mass is 285 g/mol.